The molecule has 31 heavy (non-hydrogen) atoms. The summed E-state index contributed by atoms with van der Waals surface area (Å²) in [4.78, 5) is 19.2. The van der Waals surface area contributed by atoms with Crippen molar-refractivity contribution in [2.24, 2.45) is 0 Å². The smallest absolute Gasteiger partial charge is 0.416 e. The first-order valence-electron chi connectivity index (χ1n) is 10.1. The van der Waals surface area contributed by atoms with Gasteiger partial charge in [-0.15, -0.1) is 0 Å². The normalized spacial score (nSPS) is 18.2. The summed E-state index contributed by atoms with van der Waals surface area (Å²) in [6, 6.07) is 6.88. The van der Waals surface area contributed by atoms with Crippen LogP contribution in [0.3, 0.4) is 0 Å². The summed E-state index contributed by atoms with van der Waals surface area (Å²) >= 11 is 0. The minimum atomic E-state index is -4.46. The predicted octanol–water partition coefficient (Wildman–Crippen LogP) is 4.13. The number of ether oxygens (including phenoxy) is 2. The molecule has 0 bridgehead atoms. The molecule has 0 aliphatic carbocycles. The summed E-state index contributed by atoms with van der Waals surface area (Å²) in [5, 5.41) is 2.86. The Morgan fingerprint density at radius 1 is 1.16 bits per heavy atom. The number of morpholine rings is 1. The Morgan fingerprint density at radius 2 is 1.97 bits per heavy atom. The predicted molar refractivity (Wildman–Crippen MR) is 110 cm³/mol. The summed E-state index contributed by atoms with van der Waals surface area (Å²) in [6.07, 6.45) is -0.245. The van der Waals surface area contributed by atoms with Gasteiger partial charge in [-0.1, -0.05) is 6.07 Å². The lowest BCUT2D eigenvalue weighted by Gasteiger charge is -2.29. The van der Waals surface area contributed by atoms with Gasteiger partial charge in [0, 0.05) is 30.9 Å². The number of rotatable bonds is 3. The van der Waals surface area contributed by atoms with Gasteiger partial charge in [0.2, 0.25) is 5.91 Å². The second kappa shape index (κ2) is 8.97. The topological polar surface area (TPSA) is 63.7 Å². The first kappa shape index (κ1) is 21.2. The van der Waals surface area contributed by atoms with Gasteiger partial charge in [0.1, 0.15) is 5.75 Å². The Kier molecular flexibility index (Phi) is 6.13. The Hall–Kier alpha value is -3.07. The summed E-state index contributed by atoms with van der Waals surface area (Å²) in [5.74, 6) is 0.434. The van der Waals surface area contributed by atoms with Crippen LogP contribution < -0.4 is 15.0 Å². The maximum atomic E-state index is 13.0. The van der Waals surface area contributed by atoms with E-state index in [2.05, 4.69) is 10.3 Å². The molecule has 6 nitrogen and oxygen atoms in total. The summed E-state index contributed by atoms with van der Waals surface area (Å²) in [6.45, 7) is 2.81. The fourth-order valence-electron chi connectivity index (χ4n) is 3.66. The van der Waals surface area contributed by atoms with Gasteiger partial charge in [0.25, 0.3) is 0 Å². The Bertz CT molecular complexity index is 985. The van der Waals surface area contributed by atoms with Gasteiger partial charge >= 0.3 is 6.18 Å². The Balaban J connectivity index is 1.58. The average Bonchev–Trinajstić information content (AvgIpc) is 2.96. The number of allylic oxidation sites excluding steroid dienone is 1. The van der Waals surface area contributed by atoms with Crippen molar-refractivity contribution in [1.29, 1.82) is 0 Å². The van der Waals surface area contributed by atoms with Crippen LogP contribution in [0.1, 0.15) is 24.0 Å². The number of carbonyl (C=O) groups excluding carboxylic acids is 1. The second-order valence-electron chi connectivity index (χ2n) is 7.29. The quantitative estimate of drug-likeness (QED) is 0.738. The van der Waals surface area contributed by atoms with E-state index in [-0.39, 0.29) is 18.3 Å². The van der Waals surface area contributed by atoms with Crippen LogP contribution in [0.2, 0.25) is 0 Å². The third-order valence-corrected chi connectivity index (χ3v) is 5.16. The van der Waals surface area contributed by atoms with Crippen LogP contribution in [0.5, 0.6) is 5.75 Å². The lowest BCUT2D eigenvalue weighted by molar-refractivity contribution is -0.137. The number of nitrogens with zero attached hydrogens (tertiary/aromatic N) is 2. The van der Waals surface area contributed by atoms with Gasteiger partial charge in [0.05, 0.1) is 31.1 Å². The van der Waals surface area contributed by atoms with Gasteiger partial charge in [0.15, 0.2) is 5.82 Å². The number of aromatic nitrogens is 1. The monoisotopic (exact) mass is 433 g/mol. The molecule has 9 heteroatoms. The van der Waals surface area contributed by atoms with Crippen LogP contribution >= 0.6 is 0 Å². The van der Waals surface area contributed by atoms with Crippen molar-refractivity contribution in [1.82, 2.24) is 4.98 Å². The van der Waals surface area contributed by atoms with Crippen LogP contribution in [-0.2, 0) is 15.7 Å². The molecule has 0 unspecified atom stereocenters. The molecule has 2 aliphatic heterocycles. The molecule has 1 aromatic carbocycles. The number of amides is 1. The van der Waals surface area contributed by atoms with Crippen molar-refractivity contribution in [2.75, 3.05) is 43.1 Å². The highest BCUT2D eigenvalue weighted by Crippen LogP contribution is 2.38. The molecule has 3 heterocycles. The molecular formula is C22H22F3N3O3. The molecule has 1 aromatic heterocycles. The van der Waals surface area contributed by atoms with E-state index < -0.39 is 11.7 Å². The van der Waals surface area contributed by atoms with Crippen LogP contribution in [0, 0.1) is 0 Å². The number of nitrogens with one attached hydrogen (secondary N) is 1. The minimum absolute atomic E-state index is 0.141. The number of carbonyl (C=O) groups is 1. The molecule has 1 fully saturated rings. The molecule has 2 aliphatic rings. The summed E-state index contributed by atoms with van der Waals surface area (Å²) in [5.41, 5.74) is 0.932. The highest BCUT2D eigenvalue weighted by atomic mass is 19.4. The van der Waals surface area contributed by atoms with Gasteiger partial charge in [-0.3, -0.25) is 4.79 Å². The molecule has 0 atom stereocenters. The Morgan fingerprint density at radius 3 is 2.74 bits per heavy atom. The van der Waals surface area contributed by atoms with E-state index in [1.54, 1.807) is 18.3 Å². The average molecular weight is 433 g/mol. The molecule has 0 saturated carbocycles. The summed E-state index contributed by atoms with van der Waals surface area (Å²) < 4.78 is 50.0. The number of anilines is 2. The molecule has 1 N–H and O–H groups in total. The first-order valence-corrected chi connectivity index (χ1v) is 10.1. The molecule has 164 valence electrons. The molecular weight excluding hydrogens is 411 g/mol. The van der Waals surface area contributed by atoms with E-state index in [0.29, 0.717) is 61.8 Å². The maximum Gasteiger partial charge on any atom is 0.416 e. The standard InChI is InChI=1S/C22H22F3N3O3/c23-22(24,25)16-5-6-17-15(3-2-10-31-19(17)14-16)13-20(29)27-18-4-1-7-26-21(18)28-8-11-30-12-9-28/h1,4-7,13-14H,2-3,8-12H2,(H,27,29)/b15-13+. The number of halogens is 3. The van der Waals surface area contributed by atoms with E-state index in [4.69, 9.17) is 9.47 Å². The number of fused-ring (bicyclic) bond motifs is 1. The Labute approximate surface area is 177 Å². The number of hydrogen-bond donors (Lipinski definition) is 1. The molecule has 0 radical (unpaired) electrons. The van der Waals surface area contributed by atoms with E-state index in [0.717, 1.165) is 12.1 Å². The zero-order valence-electron chi connectivity index (χ0n) is 16.7. The fourth-order valence-corrected chi connectivity index (χ4v) is 3.66. The zero-order valence-corrected chi connectivity index (χ0v) is 16.7. The van der Waals surface area contributed by atoms with Crippen molar-refractivity contribution in [2.45, 2.75) is 19.0 Å². The lowest BCUT2D eigenvalue weighted by atomic mass is 9.99. The number of hydrogen-bond acceptors (Lipinski definition) is 5. The van der Waals surface area contributed by atoms with Gasteiger partial charge in [-0.05, 0) is 42.7 Å². The van der Waals surface area contributed by atoms with Crippen LogP contribution in [-0.4, -0.2) is 43.8 Å². The first-order chi connectivity index (χ1) is 14.9. The van der Waals surface area contributed by atoms with E-state index in [1.165, 1.54) is 12.1 Å². The third-order valence-electron chi connectivity index (χ3n) is 5.16. The molecule has 1 saturated heterocycles. The van der Waals surface area contributed by atoms with Gasteiger partial charge < -0.3 is 19.7 Å². The van der Waals surface area contributed by atoms with Crippen LogP contribution in [0.25, 0.3) is 5.57 Å². The van der Waals surface area contributed by atoms with Crippen molar-refractivity contribution in [3.05, 3.63) is 53.7 Å². The highest BCUT2D eigenvalue weighted by Gasteiger charge is 2.32. The van der Waals surface area contributed by atoms with Crippen LogP contribution in [0.15, 0.2) is 42.6 Å². The lowest BCUT2D eigenvalue weighted by Crippen LogP contribution is -2.37. The van der Waals surface area contributed by atoms with Crippen molar-refractivity contribution in [3.8, 4) is 5.75 Å². The molecule has 4 rings (SSSR count). The highest BCUT2D eigenvalue weighted by molar-refractivity contribution is 6.05. The SMILES string of the molecule is O=C(/C=C1\CCCOc2cc(C(F)(F)F)ccc21)Nc1cccnc1N1CCOCC1. The molecule has 1 amide bonds. The van der Waals surface area contributed by atoms with Crippen molar-refractivity contribution in [3.63, 3.8) is 0 Å². The van der Waals surface area contributed by atoms with Crippen molar-refractivity contribution >= 4 is 23.0 Å². The van der Waals surface area contributed by atoms with Gasteiger partial charge in [-0.2, -0.15) is 13.2 Å². The minimum Gasteiger partial charge on any atom is -0.493 e. The number of pyridine rings is 1. The van der Waals surface area contributed by atoms with Crippen LogP contribution in [0.4, 0.5) is 24.7 Å². The molecule has 2 aromatic rings. The number of benzene rings is 1. The molecule has 0 spiro atoms. The summed E-state index contributed by atoms with van der Waals surface area (Å²) in [7, 11) is 0. The second-order valence-corrected chi connectivity index (χ2v) is 7.29. The zero-order chi connectivity index (χ0) is 21.8. The van der Waals surface area contributed by atoms with E-state index in [1.807, 2.05) is 4.90 Å². The van der Waals surface area contributed by atoms with Gasteiger partial charge in [-0.25, -0.2) is 4.98 Å². The van der Waals surface area contributed by atoms with Crippen molar-refractivity contribution < 1.29 is 27.4 Å². The largest absolute Gasteiger partial charge is 0.493 e. The van der Waals surface area contributed by atoms with E-state index in [9.17, 15) is 18.0 Å². The maximum absolute atomic E-state index is 13.0. The van der Waals surface area contributed by atoms with E-state index >= 15 is 0 Å². The fraction of sp³-hybridized carbons (Fsp3) is 0.364. The third kappa shape index (κ3) is 4.99. The number of alkyl halides is 3.